The Morgan fingerprint density at radius 2 is 1.76 bits per heavy atom. The zero-order valence-corrected chi connectivity index (χ0v) is 8.67. The molecule has 1 aromatic rings. The van der Waals surface area contributed by atoms with Crippen LogP contribution in [0.15, 0.2) is 12.1 Å². The molecular formula is C11H8F3NO2. The SMILES string of the molecule is O=C1CCCN1C(=O)c1cc(F)c(F)c(F)c1. The molecule has 1 fully saturated rings. The van der Waals surface area contributed by atoms with Crippen molar-refractivity contribution >= 4 is 11.8 Å². The maximum atomic E-state index is 12.9. The third kappa shape index (κ3) is 2.02. The lowest BCUT2D eigenvalue weighted by Gasteiger charge is -2.13. The van der Waals surface area contributed by atoms with E-state index in [2.05, 4.69) is 0 Å². The molecule has 0 bridgehead atoms. The van der Waals surface area contributed by atoms with Gasteiger partial charge in [-0.3, -0.25) is 14.5 Å². The molecule has 0 atom stereocenters. The van der Waals surface area contributed by atoms with Crippen LogP contribution in [0.5, 0.6) is 0 Å². The number of halogens is 3. The fourth-order valence-electron chi connectivity index (χ4n) is 1.70. The van der Waals surface area contributed by atoms with Crippen LogP contribution in [0.2, 0.25) is 0 Å². The van der Waals surface area contributed by atoms with Crippen LogP contribution in [0.3, 0.4) is 0 Å². The van der Waals surface area contributed by atoms with E-state index in [-0.39, 0.29) is 24.4 Å². The van der Waals surface area contributed by atoms with Crippen molar-refractivity contribution in [2.24, 2.45) is 0 Å². The molecule has 0 saturated carbocycles. The second-order valence-corrected chi connectivity index (χ2v) is 3.71. The van der Waals surface area contributed by atoms with Gasteiger partial charge in [0, 0.05) is 18.5 Å². The first-order valence-electron chi connectivity index (χ1n) is 5.00. The number of hydrogen-bond donors (Lipinski definition) is 0. The van der Waals surface area contributed by atoms with Crippen LogP contribution >= 0.6 is 0 Å². The van der Waals surface area contributed by atoms with Crippen molar-refractivity contribution in [1.82, 2.24) is 4.90 Å². The van der Waals surface area contributed by atoms with Crippen LogP contribution in [-0.4, -0.2) is 23.3 Å². The van der Waals surface area contributed by atoms with Gasteiger partial charge in [0.25, 0.3) is 5.91 Å². The number of hydrogen-bond acceptors (Lipinski definition) is 2. The number of imide groups is 1. The molecule has 17 heavy (non-hydrogen) atoms. The van der Waals surface area contributed by atoms with E-state index in [9.17, 15) is 22.8 Å². The van der Waals surface area contributed by atoms with E-state index in [0.29, 0.717) is 18.6 Å². The van der Waals surface area contributed by atoms with Gasteiger partial charge in [-0.2, -0.15) is 0 Å². The summed E-state index contributed by atoms with van der Waals surface area (Å²) in [5.41, 5.74) is -0.364. The molecule has 0 aromatic heterocycles. The third-order valence-electron chi connectivity index (χ3n) is 2.55. The highest BCUT2D eigenvalue weighted by molar-refractivity contribution is 6.05. The topological polar surface area (TPSA) is 37.4 Å². The molecule has 90 valence electrons. The number of carbonyl (C=O) groups excluding carboxylic acids is 2. The van der Waals surface area contributed by atoms with Gasteiger partial charge in [-0.25, -0.2) is 13.2 Å². The monoisotopic (exact) mass is 243 g/mol. The highest BCUT2D eigenvalue weighted by Crippen LogP contribution is 2.18. The molecule has 0 spiro atoms. The van der Waals surface area contributed by atoms with Crippen LogP contribution in [-0.2, 0) is 4.79 Å². The van der Waals surface area contributed by atoms with Gasteiger partial charge >= 0.3 is 0 Å². The molecule has 0 radical (unpaired) electrons. The molecular weight excluding hydrogens is 235 g/mol. The molecule has 0 aliphatic carbocycles. The zero-order chi connectivity index (χ0) is 12.6. The second-order valence-electron chi connectivity index (χ2n) is 3.71. The number of benzene rings is 1. The number of nitrogens with zero attached hydrogens (tertiary/aromatic N) is 1. The normalized spacial score (nSPS) is 15.5. The molecule has 1 heterocycles. The molecule has 1 aromatic carbocycles. The van der Waals surface area contributed by atoms with Crippen LogP contribution in [0.1, 0.15) is 23.2 Å². The predicted octanol–water partition coefficient (Wildman–Crippen LogP) is 1.87. The van der Waals surface area contributed by atoms with E-state index < -0.39 is 23.4 Å². The Kier molecular flexibility index (Phi) is 2.87. The van der Waals surface area contributed by atoms with E-state index in [1.807, 2.05) is 0 Å². The largest absolute Gasteiger partial charge is 0.278 e. The summed E-state index contributed by atoms with van der Waals surface area (Å²) in [5.74, 6) is -5.71. The highest BCUT2D eigenvalue weighted by atomic mass is 19.2. The number of rotatable bonds is 1. The second kappa shape index (κ2) is 4.20. The maximum Gasteiger partial charge on any atom is 0.260 e. The summed E-state index contributed by atoms with van der Waals surface area (Å²) in [5, 5.41) is 0. The fraction of sp³-hybridized carbons (Fsp3) is 0.273. The highest BCUT2D eigenvalue weighted by Gasteiger charge is 2.28. The quantitative estimate of drug-likeness (QED) is 0.557. The Balaban J connectivity index is 2.34. The minimum atomic E-state index is -1.63. The number of likely N-dealkylation sites (tertiary alicyclic amines) is 1. The summed E-state index contributed by atoms with van der Waals surface area (Å²) in [7, 11) is 0. The van der Waals surface area contributed by atoms with Crippen LogP contribution < -0.4 is 0 Å². The van der Waals surface area contributed by atoms with Crippen molar-refractivity contribution in [3.05, 3.63) is 35.1 Å². The Bertz CT molecular complexity index is 478. The zero-order valence-electron chi connectivity index (χ0n) is 8.67. The molecule has 2 amide bonds. The van der Waals surface area contributed by atoms with Crippen molar-refractivity contribution in [2.45, 2.75) is 12.8 Å². The average Bonchev–Trinajstić information content (AvgIpc) is 2.70. The van der Waals surface area contributed by atoms with Gasteiger partial charge < -0.3 is 0 Å². The van der Waals surface area contributed by atoms with Crippen LogP contribution in [0.4, 0.5) is 13.2 Å². The van der Waals surface area contributed by atoms with Crippen LogP contribution in [0, 0.1) is 17.5 Å². The van der Waals surface area contributed by atoms with Gasteiger partial charge in [-0.15, -0.1) is 0 Å². The minimum absolute atomic E-state index is 0.221. The predicted molar refractivity (Wildman–Crippen MR) is 51.6 cm³/mol. The van der Waals surface area contributed by atoms with Gasteiger partial charge in [-0.1, -0.05) is 0 Å². The lowest BCUT2D eigenvalue weighted by Crippen LogP contribution is -2.32. The van der Waals surface area contributed by atoms with Gasteiger partial charge in [-0.05, 0) is 18.6 Å². The summed E-state index contributed by atoms with van der Waals surface area (Å²) in [6, 6.07) is 1.18. The Hall–Kier alpha value is -1.85. The summed E-state index contributed by atoms with van der Waals surface area (Å²) in [6.45, 7) is 0.221. The van der Waals surface area contributed by atoms with E-state index in [1.54, 1.807) is 0 Å². The first-order valence-corrected chi connectivity index (χ1v) is 5.00. The maximum absolute atomic E-state index is 12.9. The van der Waals surface area contributed by atoms with Crippen LogP contribution in [0.25, 0.3) is 0 Å². The molecule has 6 heteroatoms. The van der Waals surface area contributed by atoms with Crippen molar-refractivity contribution in [3.8, 4) is 0 Å². The summed E-state index contributed by atoms with van der Waals surface area (Å²) in [6.07, 6.45) is 0.759. The average molecular weight is 243 g/mol. The first-order chi connectivity index (χ1) is 8.00. The minimum Gasteiger partial charge on any atom is -0.278 e. The van der Waals surface area contributed by atoms with Crippen molar-refractivity contribution < 1.29 is 22.8 Å². The van der Waals surface area contributed by atoms with E-state index in [4.69, 9.17) is 0 Å². The first kappa shape index (κ1) is 11.6. The third-order valence-corrected chi connectivity index (χ3v) is 2.55. The number of amides is 2. The van der Waals surface area contributed by atoms with Gasteiger partial charge in [0.15, 0.2) is 17.5 Å². The molecule has 0 unspecified atom stereocenters. The standard InChI is InChI=1S/C11H8F3NO2/c12-7-4-6(5-8(13)10(7)14)11(17)15-3-1-2-9(15)16/h4-5H,1-3H2. The van der Waals surface area contributed by atoms with E-state index in [1.165, 1.54) is 0 Å². The lowest BCUT2D eigenvalue weighted by molar-refractivity contribution is -0.125. The van der Waals surface area contributed by atoms with E-state index in [0.717, 1.165) is 4.90 Å². The van der Waals surface area contributed by atoms with Crippen molar-refractivity contribution in [1.29, 1.82) is 0 Å². The molecule has 2 rings (SSSR count). The Morgan fingerprint density at radius 1 is 1.18 bits per heavy atom. The summed E-state index contributed by atoms with van der Waals surface area (Å²) in [4.78, 5) is 23.9. The number of carbonyl (C=O) groups is 2. The van der Waals surface area contributed by atoms with Gasteiger partial charge in [0.05, 0.1) is 0 Å². The lowest BCUT2D eigenvalue weighted by atomic mass is 10.2. The van der Waals surface area contributed by atoms with E-state index >= 15 is 0 Å². The summed E-state index contributed by atoms with van der Waals surface area (Å²) < 4.78 is 38.5. The molecule has 1 saturated heterocycles. The summed E-state index contributed by atoms with van der Waals surface area (Å²) >= 11 is 0. The van der Waals surface area contributed by atoms with Gasteiger partial charge in [0.2, 0.25) is 5.91 Å². The molecule has 1 aliphatic rings. The Labute approximate surface area is 94.8 Å². The Morgan fingerprint density at radius 3 is 2.24 bits per heavy atom. The molecule has 1 aliphatic heterocycles. The van der Waals surface area contributed by atoms with Gasteiger partial charge in [0.1, 0.15) is 0 Å². The molecule has 0 N–H and O–H groups in total. The van der Waals surface area contributed by atoms with Crippen molar-refractivity contribution in [2.75, 3.05) is 6.54 Å². The smallest absolute Gasteiger partial charge is 0.260 e. The molecule has 3 nitrogen and oxygen atoms in total. The fourth-order valence-corrected chi connectivity index (χ4v) is 1.70. The van der Waals surface area contributed by atoms with Crippen molar-refractivity contribution in [3.63, 3.8) is 0 Å².